The van der Waals surface area contributed by atoms with Crippen molar-refractivity contribution >= 4 is 12.7 Å². The zero-order chi connectivity index (χ0) is 12.0. The third-order valence-electron chi connectivity index (χ3n) is 3.94. The van der Waals surface area contributed by atoms with Crippen molar-refractivity contribution in [2.24, 2.45) is 0 Å². The predicted octanol–water partition coefficient (Wildman–Crippen LogP) is 3.37. The summed E-state index contributed by atoms with van der Waals surface area (Å²) in [6, 6.07) is 15.6. The largest absolute Gasteiger partial charge is 0.148 e. The van der Waals surface area contributed by atoms with Gasteiger partial charge in [-0.3, -0.25) is 0 Å². The Labute approximate surface area is 104 Å². The van der Waals surface area contributed by atoms with Crippen molar-refractivity contribution in [2.75, 3.05) is 0 Å². The number of hydrogen-bond donors (Lipinski definition) is 0. The molecule has 0 N–H and O–H groups in total. The Kier molecular flexibility index (Phi) is 2.19. The Morgan fingerprint density at radius 3 is 2.35 bits per heavy atom. The predicted molar refractivity (Wildman–Crippen MR) is 75.3 cm³/mol. The normalized spacial score (nSPS) is 15.2. The van der Waals surface area contributed by atoms with Crippen molar-refractivity contribution in [1.29, 1.82) is 0 Å². The quantitative estimate of drug-likeness (QED) is 0.645. The smallest absolute Gasteiger partial charge is 0.0878 e. The SMILES string of the molecule is C[B]c1ccc2c(c1)C(C)(C)c1ccccc1-2. The van der Waals surface area contributed by atoms with Gasteiger partial charge in [0.25, 0.3) is 0 Å². The summed E-state index contributed by atoms with van der Waals surface area (Å²) < 4.78 is 0. The van der Waals surface area contributed by atoms with Gasteiger partial charge >= 0.3 is 0 Å². The highest BCUT2D eigenvalue weighted by atomic mass is 14.4. The summed E-state index contributed by atoms with van der Waals surface area (Å²) in [7, 11) is 2.17. The van der Waals surface area contributed by atoms with E-state index in [0.29, 0.717) is 0 Å². The van der Waals surface area contributed by atoms with Crippen LogP contribution in [0.2, 0.25) is 6.82 Å². The lowest BCUT2D eigenvalue weighted by Gasteiger charge is -2.21. The molecule has 0 saturated carbocycles. The first-order valence-electron chi connectivity index (χ1n) is 6.18. The molecule has 0 spiro atoms. The molecule has 0 nitrogen and oxygen atoms in total. The Bertz CT molecular complexity index is 582. The van der Waals surface area contributed by atoms with E-state index in [1.807, 2.05) is 0 Å². The van der Waals surface area contributed by atoms with Gasteiger partial charge in [-0.05, 0) is 22.3 Å². The lowest BCUT2D eigenvalue weighted by atomic mass is 9.71. The summed E-state index contributed by atoms with van der Waals surface area (Å²) >= 11 is 0. The van der Waals surface area contributed by atoms with Gasteiger partial charge in [0.1, 0.15) is 7.28 Å². The molecular formula is C16H16B. The molecule has 1 radical (unpaired) electrons. The number of fused-ring (bicyclic) bond motifs is 3. The van der Waals surface area contributed by atoms with E-state index in [1.54, 1.807) is 0 Å². The summed E-state index contributed by atoms with van der Waals surface area (Å²) in [4.78, 5) is 0. The maximum absolute atomic E-state index is 2.33. The molecule has 1 aliphatic carbocycles. The van der Waals surface area contributed by atoms with Crippen LogP contribution in [0, 0.1) is 0 Å². The summed E-state index contributed by atoms with van der Waals surface area (Å²) in [5, 5.41) is 0. The molecule has 0 unspecified atom stereocenters. The minimum Gasteiger partial charge on any atom is -0.0878 e. The van der Waals surface area contributed by atoms with Crippen LogP contribution in [0.3, 0.4) is 0 Å². The summed E-state index contributed by atoms with van der Waals surface area (Å²) in [5.74, 6) is 0. The van der Waals surface area contributed by atoms with Crippen LogP contribution in [0.25, 0.3) is 11.1 Å². The minimum absolute atomic E-state index is 0.130. The fourth-order valence-electron chi connectivity index (χ4n) is 2.90. The van der Waals surface area contributed by atoms with Crippen molar-refractivity contribution in [3.05, 3.63) is 53.6 Å². The van der Waals surface area contributed by atoms with E-state index in [9.17, 15) is 0 Å². The molecule has 1 aliphatic rings. The Balaban J connectivity index is 2.32. The molecule has 17 heavy (non-hydrogen) atoms. The number of benzene rings is 2. The van der Waals surface area contributed by atoms with Crippen molar-refractivity contribution in [2.45, 2.75) is 26.1 Å². The molecule has 0 amide bonds. The third-order valence-corrected chi connectivity index (χ3v) is 3.94. The summed E-state index contributed by atoms with van der Waals surface area (Å²) in [6.45, 7) is 6.73. The lowest BCUT2D eigenvalue weighted by molar-refractivity contribution is 0.661. The van der Waals surface area contributed by atoms with Crippen LogP contribution in [0.1, 0.15) is 25.0 Å². The molecule has 0 aliphatic heterocycles. The van der Waals surface area contributed by atoms with E-state index in [2.05, 4.69) is 70.4 Å². The van der Waals surface area contributed by atoms with Gasteiger partial charge in [0.2, 0.25) is 0 Å². The second-order valence-corrected chi connectivity index (χ2v) is 5.26. The molecule has 2 aromatic carbocycles. The van der Waals surface area contributed by atoms with E-state index < -0.39 is 0 Å². The fraction of sp³-hybridized carbons (Fsp3) is 0.250. The highest BCUT2D eigenvalue weighted by molar-refractivity contribution is 6.52. The average Bonchev–Trinajstić information content (AvgIpc) is 2.59. The first-order valence-corrected chi connectivity index (χ1v) is 6.18. The van der Waals surface area contributed by atoms with Crippen LogP contribution in [0.4, 0.5) is 0 Å². The van der Waals surface area contributed by atoms with Gasteiger partial charge in [0.05, 0.1) is 0 Å². The summed E-state index contributed by atoms with van der Waals surface area (Å²) in [5.41, 5.74) is 7.14. The fourth-order valence-corrected chi connectivity index (χ4v) is 2.90. The average molecular weight is 219 g/mol. The van der Waals surface area contributed by atoms with Crippen LogP contribution in [-0.4, -0.2) is 7.28 Å². The van der Waals surface area contributed by atoms with E-state index in [0.717, 1.165) is 0 Å². The maximum Gasteiger partial charge on any atom is 0.148 e. The third kappa shape index (κ3) is 1.38. The topological polar surface area (TPSA) is 0 Å². The molecule has 0 fully saturated rings. The molecule has 0 aromatic heterocycles. The van der Waals surface area contributed by atoms with Crippen LogP contribution in [0.5, 0.6) is 0 Å². The van der Waals surface area contributed by atoms with Crippen LogP contribution >= 0.6 is 0 Å². The highest BCUT2D eigenvalue weighted by Crippen LogP contribution is 2.47. The monoisotopic (exact) mass is 219 g/mol. The molecule has 0 saturated heterocycles. The van der Waals surface area contributed by atoms with Crippen LogP contribution in [0.15, 0.2) is 42.5 Å². The maximum atomic E-state index is 2.33. The zero-order valence-corrected chi connectivity index (χ0v) is 10.6. The molecule has 0 atom stereocenters. The van der Waals surface area contributed by atoms with Crippen LogP contribution < -0.4 is 5.46 Å². The van der Waals surface area contributed by atoms with Crippen molar-refractivity contribution in [3.63, 3.8) is 0 Å². The second-order valence-electron chi connectivity index (χ2n) is 5.26. The molecule has 0 bridgehead atoms. The lowest BCUT2D eigenvalue weighted by Crippen LogP contribution is -2.19. The Morgan fingerprint density at radius 2 is 1.59 bits per heavy atom. The van der Waals surface area contributed by atoms with Gasteiger partial charge < -0.3 is 0 Å². The van der Waals surface area contributed by atoms with E-state index >= 15 is 0 Å². The molecule has 83 valence electrons. The number of hydrogen-bond acceptors (Lipinski definition) is 0. The molecule has 2 aromatic rings. The standard InChI is InChI=1S/C16H16B/c1-16(2)14-7-5-4-6-12(14)13-9-8-11(17-3)10-15(13)16/h4-10H,1-3H3. The van der Waals surface area contributed by atoms with Gasteiger partial charge in [-0.15, -0.1) is 0 Å². The first kappa shape index (κ1) is 10.6. The van der Waals surface area contributed by atoms with Gasteiger partial charge in [-0.1, -0.05) is 68.6 Å². The van der Waals surface area contributed by atoms with Crippen molar-refractivity contribution in [1.82, 2.24) is 0 Å². The van der Waals surface area contributed by atoms with Gasteiger partial charge in [0.15, 0.2) is 0 Å². The Morgan fingerprint density at radius 1 is 0.882 bits per heavy atom. The van der Waals surface area contributed by atoms with E-state index in [-0.39, 0.29) is 5.41 Å². The highest BCUT2D eigenvalue weighted by Gasteiger charge is 2.34. The molecule has 3 rings (SSSR count). The van der Waals surface area contributed by atoms with Crippen LogP contribution in [-0.2, 0) is 5.41 Å². The van der Waals surface area contributed by atoms with Gasteiger partial charge in [-0.25, -0.2) is 0 Å². The molecular weight excluding hydrogens is 203 g/mol. The van der Waals surface area contributed by atoms with E-state index in [4.69, 9.17) is 0 Å². The van der Waals surface area contributed by atoms with Crippen molar-refractivity contribution < 1.29 is 0 Å². The Hall–Kier alpha value is -1.50. The van der Waals surface area contributed by atoms with Gasteiger partial charge in [0, 0.05) is 5.41 Å². The number of rotatable bonds is 1. The minimum atomic E-state index is 0.130. The zero-order valence-electron chi connectivity index (χ0n) is 10.6. The van der Waals surface area contributed by atoms with Gasteiger partial charge in [-0.2, -0.15) is 0 Å². The molecule has 0 heterocycles. The van der Waals surface area contributed by atoms with E-state index in [1.165, 1.54) is 27.7 Å². The van der Waals surface area contributed by atoms with Crippen molar-refractivity contribution in [3.8, 4) is 11.1 Å². The summed E-state index contributed by atoms with van der Waals surface area (Å²) in [6.07, 6.45) is 0. The molecule has 1 heteroatoms. The first-order chi connectivity index (χ1) is 8.14. The second kappa shape index (κ2) is 3.50.